The Bertz CT molecular complexity index is 693. The Balaban J connectivity index is 2.26. The van der Waals surface area contributed by atoms with Gasteiger partial charge >= 0.3 is 0 Å². The molecule has 0 aliphatic rings. The second kappa shape index (κ2) is 3.75. The summed E-state index contributed by atoms with van der Waals surface area (Å²) < 4.78 is 5.61. The summed E-state index contributed by atoms with van der Waals surface area (Å²) >= 11 is 6.03. The third kappa shape index (κ3) is 1.62. The second-order valence-corrected chi connectivity index (χ2v) is 3.98. The van der Waals surface area contributed by atoms with Crippen molar-refractivity contribution >= 4 is 28.4 Å². The molecule has 0 aliphatic carbocycles. The summed E-state index contributed by atoms with van der Waals surface area (Å²) in [6.45, 7) is 0. The van der Waals surface area contributed by atoms with Crippen molar-refractivity contribution in [3.8, 4) is 11.5 Å². The number of oxazole rings is 1. The minimum absolute atomic E-state index is 0.449. The first-order valence-corrected chi connectivity index (χ1v) is 5.38. The molecular formula is C12H8ClN3O. The predicted octanol–water partition coefficient (Wildman–Crippen LogP) is 3.13. The van der Waals surface area contributed by atoms with E-state index in [2.05, 4.69) is 9.97 Å². The molecule has 84 valence electrons. The van der Waals surface area contributed by atoms with Crippen LogP contribution in [0.2, 0.25) is 5.02 Å². The van der Waals surface area contributed by atoms with Crippen LogP contribution in [0.15, 0.2) is 41.1 Å². The number of benzene rings is 1. The monoisotopic (exact) mass is 245 g/mol. The molecule has 1 aromatic carbocycles. The van der Waals surface area contributed by atoms with Crippen LogP contribution in [0.1, 0.15) is 0 Å². The predicted molar refractivity (Wildman–Crippen MR) is 66.7 cm³/mol. The van der Waals surface area contributed by atoms with E-state index in [0.29, 0.717) is 33.3 Å². The maximum atomic E-state index is 6.03. The summed E-state index contributed by atoms with van der Waals surface area (Å²) in [4.78, 5) is 8.26. The van der Waals surface area contributed by atoms with Crippen molar-refractivity contribution < 1.29 is 4.42 Å². The van der Waals surface area contributed by atoms with E-state index >= 15 is 0 Å². The number of hydrogen-bond donors (Lipinski definition) is 1. The number of anilines is 1. The van der Waals surface area contributed by atoms with Crippen molar-refractivity contribution in [2.75, 3.05) is 5.73 Å². The van der Waals surface area contributed by atoms with E-state index in [1.54, 1.807) is 24.5 Å². The molecule has 0 saturated heterocycles. The summed E-state index contributed by atoms with van der Waals surface area (Å²) in [5, 5.41) is 0.498. The smallest absolute Gasteiger partial charge is 0.229 e. The van der Waals surface area contributed by atoms with Gasteiger partial charge in [-0.15, -0.1) is 0 Å². The van der Waals surface area contributed by atoms with Crippen LogP contribution in [-0.2, 0) is 0 Å². The molecule has 0 spiro atoms. The highest BCUT2D eigenvalue weighted by molar-refractivity contribution is 6.33. The zero-order valence-corrected chi connectivity index (χ0v) is 9.48. The highest BCUT2D eigenvalue weighted by atomic mass is 35.5. The Labute approximate surface area is 102 Å². The van der Waals surface area contributed by atoms with Gasteiger partial charge in [0.15, 0.2) is 5.58 Å². The first-order valence-electron chi connectivity index (χ1n) is 5.00. The fourth-order valence-electron chi connectivity index (χ4n) is 1.63. The van der Waals surface area contributed by atoms with Gasteiger partial charge in [0.2, 0.25) is 5.89 Å². The highest BCUT2D eigenvalue weighted by Gasteiger charge is 2.12. The molecule has 0 atom stereocenters. The average Bonchev–Trinajstić information content (AvgIpc) is 2.75. The first kappa shape index (κ1) is 10.1. The van der Waals surface area contributed by atoms with Gasteiger partial charge in [0.05, 0.1) is 16.3 Å². The largest absolute Gasteiger partial charge is 0.436 e. The molecule has 3 aromatic rings. The maximum absolute atomic E-state index is 6.03. The molecule has 0 unspecified atom stereocenters. The van der Waals surface area contributed by atoms with E-state index < -0.39 is 0 Å². The average molecular weight is 246 g/mol. The summed E-state index contributed by atoms with van der Waals surface area (Å²) in [5.41, 5.74) is 8.40. The number of halogens is 1. The van der Waals surface area contributed by atoms with Gasteiger partial charge in [0.1, 0.15) is 5.52 Å². The van der Waals surface area contributed by atoms with Crippen molar-refractivity contribution in [3.05, 3.63) is 41.7 Å². The third-order valence-corrected chi connectivity index (χ3v) is 2.75. The lowest BCUT2D eigenvalue weighted by molar-refractivity contribution is 0.620. The maximum Gasteiger partial charge on any atom is 0.229 e. The van der Waals surface area contributed by atoms with Crippen molar-refractivity contribution in [2.24, 2.45) is 0 Å². The Kier molecular flexibility index (Phi) is 2.23. The third-order valence-electron chi connectivity index (χ3n) is 2.45. The topological polar surface area (TPSA) is 64.9 Å². The molecule has 0 aliphatic heterocycles. The first-order chi connectivity index (χ1) is 8.25. The Hall–Kier alpha value is -2.07. The molecule has 5 heteroatoms. The number of nitrogens with two attached hydrogens (primary N) is 1. The summed E-state index contributed by atoms with van der Waals surface area (Å²) in [7, 11) is 0. The number of nitrogens with zero attached hydrogens (tertiary/aromatic N) is 2. The van der Waals surface area contributed by atoms with Gasteiger partial charge in [-0.2, -0.15) is 0 Å². The lowest BCUT2D eigenvalue weighted by atomic mass is 10.2. The fourth-order valence-corrected chi connectivity index (χ4v) is 1.83. The molecule has 4 nitrogen and oxygen atoms in total. The van der Waals surface area contributed by atoms with Crippen LogP contribution in [0.25, 0.3) is 22.6 Å². The van der Waals surface area contributed by atoms with Crippen molar-refractivity contribution in [3.63, 3.8) is 0 Å². The van der Waals surface area contributed by atoms with E-state index in [9.17, 15) is 0 Å². The highest BCUT2D eigenvalue weighted by Crippen LogP contribution is 2.30. The van der Waals surface area contributed by atoms with Crippen LogP contribution in [0.4, 0.5) is 5.69 Å². The molecule has 0 saturated carbocycles. The number of pyridine rings is 1. The second-order valence-electron chi connectivity index (χ2n) is 3.57. The number of rotatable bonds is 1. The fraction of sp³-hybridized carbons (Fsp3) is 0. The molecule has 0 fully saturated rings. The summed E-state index contributed by atoms with van der Waals surface area (Å²) in [6.07, 6.45) is 3.19. The molecule has 3 rings (SSSR count). The van der Waals surface area contributed by atoms with Gasteiger partial charge in [0, 0.05) is 12.4 Å². The summed E-state index contributed by atoms with van der Waals surface area (Å²) in [5.74, 6) is 0.449. The van der Waals surface area contributed by atoms with Crippen LogP contribution < -0.4 is 5.73 Å². The zero-order chi connectivity index (χ0) is 11.8. The van der Waals surface area contributed by atoms with Crippen LogP contribution >= 0.6 is 11.6 Å². The van der Waals surface area contributed by atoms with E-state index in [4.69, 9.17) is 21.8 Å². The number of nitrogen functional groups attached to an aromatic ring is 1. The van der Waals surface area contributed by atoms with Gasteiger partial charge in [-0.1, -0.05) is 17.7 Å². The molecule has 0 bridgehead atoms. The molecule has 2 aromatic heterocycles. The Morgan fingerprint density at radius 3 is 2.88 bits per heavy atom. The lowest BCUT2D eigenvalue weighted by Crippen LogP contribution is -1.85. The van der Waals surface area contributed by atoms with Gasteiger partial charge in [-0.25, -0.2) is 4.98 Å². The van der Waals surface area contributed by atoms with E-state index in [1.165, 1.54) is 0 Å². The van der Waals surface area contributed by atoms with Gasteiger partial charge in [-0.3, -0.25) is 4.98 Å². The number of para-hydroxylation sites is 1. The van der Waals surface area contributed by atoms with E-state index in [-0.39, 0.29) is 0 Å². The van der Waals surface area contributed by atoms with Gasteiger partial charge < -0.3 is 10.2 Å². The molecule has 2 heterocycles. The van der Waals surface area contributed by atoms with Crippen molar-refractivity contribution in [1.82, 2.24) is 9.97 Å². The normalized spacial score (nSPS) is 10.9. The minimum Gasteiger partial charge on any atom is -0.436 e. The lowest BCUT2D eigenvalue weighted by Gasteiger charge is -1.96. The molecule has 0 radical (unpaired) electrons. The number of aromatic nitrogens is 2. The standard InChI is InChI=1S/C12H8ClN3O/c13-8-6-15-5-4-7(8)12-16-11-9(14)2-1-3-10(11)17-12/h1-6H,14H2. The number of fused-ring (bicyclic) bond motifs is 1. The molecule has 2 N–H and O–H groups in total. The Morgan fingerprint density at radius 2 is 2.12 bits per heavy atom. The van der Waals surface area contributed by atoms with Gasteiger partial charge in [0.25, 0.3) is 0 Å². The van der Waals surface area contributed by atoms with Crippen LogP contribution in [0.3, 0.4) is 0 Å². The van der Waals surface area contributed by atoms with Crippen LogP contribution in [-0.4, -0.2) is 9.97 Å². The molecule has 17 heavy (non-hydrogen) atoms. The number of hydrogen-bond acceptors (Lipinski definition) is 4. The van der Waals surface area contributed by atoms with Crippen molar-refractivity contribution in [1.29, 1.82) is 0 Å². The SMILES string of the molecule is Nc1cccc2oc(-c3ccncc3Cl)nc12. The zero-order valence-electron chi connectivity index (χ0n) is 8.72. The molecule has 0 amide bonds. The van der Waals surface area contributed by atoms with Crippen molar-refractivity contribution in [2.45, 2.75) is 0 Å². The van der Waals surface area contributed by atoms with Gasteiger partial charge in [-0.05, 0) is 18.2 Å². The van der Waals surface area contributed by atoms with Crippen LogP contribution in [0.5, 0.6) is 0 Å². The summed E-state index contributed by atoms with van der Waals surface area (Å²) in [6, 6.07) is 7.17. The van der Waals surface area contributed by atoms with E-state index in [0.717, 1.165) is 0 Å². The van der Waals surface area contributed by atoms with Crippen LogP contribution in [0, 0.1) is 0 Å². The van der Waals surface area contributed by atoms with E-state index in [1.807, 2.05) is 12.1 Å². The Morgan fingerprint density at radius 1 is 1.24 bits per heavy atom. The molecular weight excluding hydrogens is 238 g/mol. The quantitative estimate of drug-likeness (QED) is 0.669. The minimum atomic E-state index is 0.449.